The lowest BCUT2D eigenvalue weighted by atomic mass is 9.85. The van der Waals surface area contributed by atoms with Crippen LogP contribution in [0.25, 0.3) is 0 Å². The highest BCUT2D eigenvalue weighted by molar-refractivity contribution is 6.28. The van der Waals surface area contributed by atoms with E-state index in [9.17, 15) is 0 Å². The van der Waals surface area contributed by atoms with E-state index in [4.69, 9.17) is 11.6 Å². The Bertz CT molecular complexity index is 318. The van der Waals surface area contributed by atoms with Crippen molar-refractivity contribution in [2.75, 3.05) is 11.9 Å². The fourth-order valence-electron chi connectivity index (χ4n) is 1.90. The average molecular weight is 242 g/mol. The van der Waals surface area contributed by atoms with Crippen molar-refractivity contribution in [3.8, 4) is 0 Å². The molecule has 0 aliphatic rings. The van der Waals surface area contributed by atoms with Crippen LogP contribution in [0, 0.1) is 17.8 Å². The first-order valence-electron chi connectivity index (χ1n) is 5.73. The molecule has 0 spiro atoms. The van der Waals surface area contributed by atoms with Crippen molar-refractivity contribution in [3.63, 3.8) is 0 Å². The molecule has 4 heteroatoms. The van der Waals surface area contributed by atoms with Crippen molar-refractivity contribution in [3.05, 3.63) is 17.5 Å². The molecule has 1 rings (SSSR count). The van der Waals surface area contributed by atoms with E-state index in [1.807, 2.05) is 6.07 Å². The minimum atomic E-state index is 0.288. The molecule has 0 bridgehead atoms. The molecule has 1 aromatic heterocycles. The van der Waals surface area contributed by atoms with Crippen LogP contribution in [0.3, 0.4) is 0 Å². The van der Waals surface area contributed by atoms with Crippen molar-refractivity contribution >= 4 is 17.4 Å². The number of nitrogens with zero attached hydrogens (tertiary/aromatic N) is 2. The third-order valence-electron chi connectivity index (χ3n) is 2.86. The number of hydrogen-bond acceptors (Lipinski definition) is 3. The highest BCUT2D eigenvalue weighted by atomic mass is 35.5. The Balaban J connectivity index is 2.55. The predicted molar refractivity (Wildman–Crippen MR) is 68.7 cm³/mol. The first-order valence-corrected chi connectivity index (χ1v) is 6.11. The van der Waals surface area contributed by atoms with Crippen molar-refractivity contribution < 1.29 is 0 Å². The molecular formula is C12H20ClN3. The topological polar surface area (TPSA) is 37.8 Å². The molecule has 3 nitrogen and oxygen atoms in total. The van der Waals surface area contributed by atoms with E-state index in [2.05, 4.69) is 43.0 Å². The Morgan fingerprint density at radius 3 is 2.38 bits per heavy atom. The predicted octanol–water partition coefficient (Wildman–Crippen LogP) is 3.47. The van der Waals surface area contributed by atoms with E-state index >= 15 is 0 Å². The molecule has 0 fully saturated rings. The van der Waals surface area contributed by atoms with E-state index in [-0.39, 0.29) is 5.28 Å². The third-order valence-corrected chi connectivity index (χ3v) is 3.04. The van der Waals surface area contributed by atoms with Crippen LogP contribution in [0.5, 0.6) is 0 Å². The molecule has 0 saturated heterocycles. The van der Waals surface area contributed by atoms with Gasteiger partial charge < -0.3 is 5.32 Å². The van der Waals surface area contributed by atoms with Gasteiger partial charge in [0, 0.05) is 12.7 Å². The van der Waals surface area contributed by atoms with Gasteiger partial charge in [0.15, 0.2) is 0 Å². The summed E-state index contributed by atoms with van der Waals surface area (Å²) in [5.74, 6) is 2.75. The average Bonchev–Trinajstić information content (AvgIpc) is 2.16. The zero-order chi connectivity index (χ0) is 12.1. The number of hydrogen-bond donors (Lipinski definition) is 1. The van der Waals surface area contributed by atoms with E-state index in [1.54, 1.807) is 6.20 Å². The lowest BCUT2D eigenvalue weighted by Crippen LogP contribution is -2.24. The van der Waals surface area contributed by atoms with Crippen LogP contribution in [0.4, 0.5) is 5.82 Å². The molecule has 1 aromatic rings. The van der Waals surface area contributed by atoms with Gasteiger partial charge >= 0.3 is 0 Å². The van der Waals surface area contributed by atoms with Crippen LogP contribution in [0.2, 0.25) is 5.28 Å². The second kappa shape index (κ2) is 6.04. The summed E-state index contributed by atoms with van der Waals surface area (Å²) in [5, 5.41) is 3.60. The van der Waals surface area contributed by atoms with E-state index in [1.165, 1.54) is 0 Å². The number of halogens is 1. The van der Waals surface area contributed by atoms with Crippen LogP contribution in [0.1, 0.15) is 27.7 Å². The van der Waals surface area contributed by atoms with Gasteiger partial charge in [-0.3, -0.25) is 0 Å². The zero-order valence-electron chi connectivity index (χ0n) is 10.4. The van der Waals surface area contributed by atoms with E-state index in [0.29, 0.717) is 17.8 Å². The number of nitrogens with one attached hydrogen (secondary N) is 1. The number of rotatable bonds is 5. The lowest BCUT2D eigenvalue weighted by molar-refractivity contribution is 0.304. The summed E-state index contributed by atoms with van der Waals surface area (Å²) in [6.45, 7) is 9.92. The summed E-state index contributed by atoms with van der Waals surface area (Å²) in [4.78, 5) is 7.96. The molecule has 1 N–H and O–H groups in total. The van der Waals surface area contributed by atoms with Gasteiger partial charge in [0.05, 0.1) is 0 Å². The van der Waals surface area contributed by atoms with Gasteiger partial charge in [-0.15, -0.1) is 0 Å². The largest absolute Gasteiger partial charge is 0.370 e. The van der Waals surface area contributed by atoms with Crippen LogP contribution in [0.15, 0.2) is 12.3 Å². The Labute approximate surface area is 103 Å². The van der Waals surface area contributed by atoms with Gasteiger partial charge in [-0.1, -0.05) is 27.7 Å². The second-order valence-electron chi connectivity index (χ2n) is 4.74. The van der Waals surface area contributed by atoms with Gasteiger partial charge in [-0.05, 0) is 35.4 Å². The molecule has 0 aromatic carbocycles. The quantitative estimate of drug-likeness (QED) is 0.803. The smallest absolute Gasteiger partial charge is 0.224 e. The molecule has 0 unspecified atom stereocenters. The molecule has 0 radical (unpaired) electrons. The third kappa shape index (κ3) is 3.97. The standard InChI is InChI=1S/C12H20ClN3/c1-8(2)10(9(3)4)7-15-11-5-6-14-12(13)16-11/h5-6,8-10H,7H2,1-4H3,(H,14,15,16). The normalized spacial score (nSPS) is 11.5. The maximum Gasteiger partial charge on any atom is 0.224 e. The van der Waals surface area contributed by atoms with Crippen LogP contribution in [-0.4, -0.2) is 16.5 Å². The summed E-state index contributed by atoms with van der Waals surface area (Å²) in [7, 11) is 0. The maximum absolute atomic E-state index is 5.72. The summed E-state index contributed by atoms with van der Waals surface area (Å²) in [5.41, 5.74) is 0. The van der Waals surface area contributed by atoms with Crippen molar-refractivity contribution in [1.82, 2.24) is 9.97 Å². The van der Waals surface area contributed by atoms with Gasteiger partial charge in [-0.2, -0.15) is 0 Å². The number of aromatic nitrogens is 2. The second-order valence-corrected chi connectivity index (χ2v) is 5.08. The highest BCUT2D eigenvalue weighted by Crippen LogP contribution is 2.20. The molecule has 1 heterocycles. The number of anilines is 1. The summed E-state index contributed by atoms with van der Waals surface area (Å²) < 4.78 is 0. The molecule has 16 heavy (non-hydrogen) atoms. The van der Waals surface area contributed by atoms with Crippen LogP contribution >= 0.6 is 11.6 Å². The first kappa shape index (κ1) is 13.2. The van der Waals surface area contributed by atoms with Gasteiger partial charge in [0.25, 0.3) is 0 Å². The molecule has 0 saturated carbocycles. The first-order chi connectivity index (χ1) is 7.50. The molecule has 90 valence electrons. The van der Waals surface area contributed by atoms with E-state index < -0.39 is 0 Å². The highest BCUT2D eigenvalue weighted by Gasteiger charge is 2.17. The Morgan fingerprint density at radius 2 is 1.88 bits per heavy atom. The minimum absolute atomic E-state index is 0.288. The van der Waals surface area contributed by atoms with Gasteiger partial charge in [0.2, 0.25) is 5.28 Å². The fourth-order valence-corrected chi connectivity index (χ4v) is 2.04. The Morgan fingerprint density at radius 1 is 1.25 bits per heavy atom. The SMILES string of the molecule is CC(C)C(CNc1ccnc(Cl)n1)C(C)C. The van der Waals surface area contributed by atoms with Gasteiger partial charge in [0.1, 0.15) is 5.82 Å². The zero-order valence-corrected chi connectivity index (χ0v) is 11.1. The summed E-state index contributed by atoms with van der Waals surface area (Å²) in [6.07, 6.45) is 1.66. The molecule has 0 aliphatic heterocycles. The summed E-state index contributed by atoms with van der Waals surface area (Å²) in [6, 6.07) is 1.84. The molecule has 0 aliphatic carbocycles. The Kier molecular flexibility index (Phi) is 5.00. The lowest BCUT2D eigenvalue weighted by Gasteiger charge is -2.25. The van der Waals surface area contributed by atoms with Crippen LogP contribution < -0.4 is 5.32 Å². The maximum atomic E-state index is 5.72. The van der Waals surface area contributed by atoms with Crippen molar-refractivity contribution in [1.29, 1.82) is 0 Å². The van der Waals surface area contributed by atoms with Crippen molar-refractivity contribution in [2.45, 2.75) is 27.7 Å². The molecular weight excluding hydrogens is 222 g/mol. The Hall–Kier alpha value is -0.830. The van der Waals surface area contributed by atoms with E-state index in [0.717, 1.165) is 12.4 Å². The van der Waals surface area contributed by atoms with Gasteiger partial charge in [-0.25, -0.2) is 9.97 Å². The fraction of sp³-hybridized carbons (Fsp3) is 0.667. The monoisotopic (exact) mass is 241 g/mol. The van der Waals surface area contributed by atoms with Crippen molar-refractivity contribution in [2.24, 2.45) is 17.8 Å². The minimum Gasteiger partial charge on any atom is -0.370 e. The van der Waals surface area contributed by atoms with Crippen LogP contribution in [-0.2, 0) is 0 Å². The summed E-state index contributed by atoms with van der Waals surface area (Å²) >= 11 is 5.72. The molecule has 0 amide bonds. The molecule has 0 atom stereocenters.